The Morgan fingerprint density at radius 1 is 1.09 bits per heavy atom. The van der Waals surface area contributed by atoms with Crippen LogP contribution in [0.5, 0.6) is 0 Å². The molecule has 4 rings (SSSR count). The van der Waals surface area contributed by atoms with Gasteiger partial charge in [0.05, 0.1) is 6.20 Å². The molecule has 7 nitrogen and oxygen atoms in total. The van der Waals surface area contributed by atoms with E-state index < -0.39 is 0 Å². The van der Waals surface area contributed by atoms with E-state index in [1.807, 2.05) is 30.3 Å². The van der Waals surface area contributed by atoms with Crippen molar-refractivity contribution in [3.05, 3.63) is 53.2 Å². The number of hydrogen-bond acceptors (Lipinski definition) is 6. The Morgan fingerprint density at radius 2 is 1.91 bits per heavy atom. The topological polar surface area (TPSA) is 78.0 Å². The molecule has 0 fully saturated rings. The quantitative estimate of drug-likeness (QED) is 0.577. The first-order valence-corrected chi connectivity index (χ1v) is 7.68. The van der Waals surface area contributed by atoms with Crippen LogP contribution in [0.15, 0.2) is 47.7 Å². The van der Waals surface area contributed by atoms with Gasteiger partial charge in [0.2, 0.25) is 0 Å². The molecule has 0 aliphatic carbocycles. The molecular weight excluding hydrogens is 312 g/mol. The van der Waals surface area contributed by atoms with Crippen molar-refractivity contribution in [1.82, 2.24) is 29.4 Å². The summed E-state index contributed by atoms with van der Waals surface area (Å²) in [5.41, 5.74) is 2.76. The van der Waals surface area contributed by atoms with Gasteiger partial charge in [0, 0.05) is 17.9 Å². The first-order valence-electron chi connectivity index (χ1n) is 7.05. The van der Waals surface area contributed by atoms with Gasteiger partial charge in [-0.15, -0.1) is 10.2 Å². The van der Waals surface area contributed by atoms with E-state index in [0.717, 1.165) is 11.1 Å². The minimum Gasteiger partial charge on any atom is -0.296 e. The minimum atomic E-state index is -0.241. The number of nitrogens with zero attached hydrogens (tertiary/aromatic N) is 6. The molecule has 8 heteroatoms. The highest BCUT2D eigenvalue weighted by molar-refractivity contribution is 7.80. The smallest absolute Gasteiger partial charge is 0.283 e. The zero-order valence-corrected chi connectivity index (χ0v) is 12.9. The molecule has 0 radical (unpaired) electrons. The molecule has 0 saturated heterocycles. The normalized spacial score (nSPS) is 11.3. The Morgan fingerprint density at radius 3 is 2.70 bits per heavy atom. The highest BCUT2D eigenvalue weighted by Crippen LogP contribution is 2.23. The van der Waals surface area contributed by atoms with Crippen LogP contribution >= 0.6 is 12.6 Å². The summed E-state index contributed by atoms with van der Waals surface area (Å²) in [6.45, 7) is 0.471. The van der Waals surface area contributed by atoms with Crippen molar-refractivity contribution >= 4 is 29.4 Å². The van der Waals surface area contributed by atoms with Gasteiger partial charge in [-0.3, -0.25) is 9.36 Å². The van der Waals surface area contributed by atoms with Gasteiger partial charge >= 0.3 is 0 Å². The fourth-order valence-corrected chi connectivity index (χ4v) is 2.71. The monoisotopic (exact) mass is 324 g/mol. The number of aryl methyl sites for hydroxylation is 1. The van der Waals surface area contributed by atoms with E-state index in [-0.39, 0.29) is 11.1 Å². The van der Waals surface area contributed by atoms with Crippen LogP contribution in [-0.2, 0) is 6.54 Å². The molecule has 0 aliphatic rings. The highest BCUT2D eigenvalue weighted by Gasteiger charge is 2.14. The third-order valence-corrected chi connectivity index (χ3v) is 3.81. The van der Waals surface area contributed by atoms with E-state index in [4.69, 9.17) is 0 Å². The van der Waals surface area contributed by atoms with Crippen LogP contribution in [0.1, 0.15) is 0 Å². The SMILES string of the molecule is O=c1c2nnc3c(-c4ccccc4)cnn3c2ncn1CCS. The first kappa shape index (κ1) is 13.9. The van der Waals surface area contributed by atoms with Gasteiger partial charge in [-0.25, -0.2) is 4.98 Å². The van der Waals surface area contributed by atoms with Crippen LogP contribution < -0.4 is 5.56 Å². The third-order valence-electron chi connectivity index (χ3n) is 3.61. The number of fused-ring (bicyclic) bond motifs is 3. The Balaban J connectivity index is 1.99. The van der Waals surface area contributed by atoms with E-state index in [0.29, 0.717) is 23.6 Å². The van der Waals surface area contributed by atoms with Crippen LogP contribution in [0.2, 0.25) is 0 Å². The molecule has 3 heterocycles. The fourth-order valence-electron chi connectivity index (χ4n) is 2.49. The van der Waals surface area contributed by atoms with Crippen molar-refractivity contribution < 1.29 is 0 Å². The Bertz CT molecular complexity index is 1060. The molecule has 0 bridgehead atoms. The number of thiol groups is 1. The molecule has 0 amide bonds. The number of rotatable bonds is 3. The summed E-state index contributed by atoms with van der Waals surface area (Å²) in [4.78, 5) is 16.7. The molecular formula is C15H12N6OS. The summed E-state index contributed by atoms with van der Waals surface area (Å²) < 4.78 is 3.02. The predicted octanol–water partition coefficient (Wildman–Crippen LogP) is 1.43. The largest absolute Gasteiger partial charge is 0.296 e. The van der Waals surface area contributed by atoms with Gasteiger partial charge in [0.1, 0.15) is 6.33 Å². The highest BCUT2D eigenvalue weighted by atomic mass is 32.1. The van der Waals surface area contributed by atoms with Crippen LogP contribution in [0, 0.1) is 0 Å². The summed E-state index contributed by atoms with van der Waals surface area (Å²) in [5, 5.41) is 12.6. The van der Waals surface area contributed by atoms with Gasteiger partial charge in [-0.1, -0.05) is 30.3 Å². The average molecular weight is 324 g/mol. The van der Waals surface area contributed by atoms with E-state index in [1.54, 1.807) is 10.7 Å². The fraction of sp³-hybridized carbons (Fsp3) is 0.133. The lowest BCUT2D eigenvalue weighted by molar-refractivity contribution is 0.717. The van der Waals surface area contributed by atoms with Crippen LogP contribution in [-0.4, -0.2) is 35.1 Å². The van der Waals surface area contributed by atoms with Crippen molar-refractivity contribution in [2.45, 2.75) is 6.54 Å². The maximum atomic E-state index is 12.4. The summed E-state index contributed by atoms with van der Waals surface area (Å²) in [7, 11) is 0. The third kappa shape index (κ3) is 2.18. The van der Waals surface area contributed by atoms with Crippen LogP contribution in [0.4, 0.5) is 0 Å². The molecule has 0 saturated carbocycles. The molecule has 1 aromatic carbocycles. The molecule has 23 heavy (non-hydrogen) atoms. The van der Waals surface area contributed by atoms with E-state index in [2.05, 4.69) is 32.9 Å². The van der Waals surface area contributed by atoms with Gasteiger partial charge in [0.15, 0.2) is 16.8 Å². The molecule has 0 spiro atoms. The number of benzene rings is 1. The van der Waals surface area contributed by atoms with E-state index in [1.165, 1.54) is 10.9 Å². The Labute approximate surface area is 136 Å². The average Bonchev–Trinajstić information content (AvgIpc) is 3.02. The van der Waals surface area contributed by atoms with Crippen molar-refractivity contribution in [2.75, 3.05) is 5.75 Å². The molecule has 3 aromatic heterocycles. The molecule has 0 atom stereocenters. The van der Waals surface area contributed by atoms with Crippen LogP contribution in [0.25, 0.3) is 27.9 Å². The van der Waals surface area contributed by atoms with Gasteiger partial charge in [-0.05, 0) is 5.56 Å². The Kier molecular flexibility index (Phi) is 3.30. The van der Waals surface area contributed by atoms with Crippen molar-refractivity contribution in [3.63, 3.8) is 0 Å². The van der Waals surface area contributed by atoms with Gasteiger partial charge < -0.3 is 0 Å². The number of aromatic nitrogens is 6. The maximum absolute atomic E-state index is 12.4. The second-order valence-corrected chi connectivity index (χ2v) is 5.45. The maximum Gasteiger partial charge on any atom is 0.283 e. The zero-order valence-electron chi connectivity index (χ0n) is 12.0. The summed E-state index contributed by atoms with van der Waals surface area (Å²) >= 11 is 4.14. The predicted molar refractivity (Wildman–Crippen MR) is 89.6 cm³/mol. The van der Waals surface area contributed by atoms with Crippen molar-refractivity contribution in [3.8, 4) is 11.1 Å². The number of hydrogen-bond donors (Lipinski definition) is 1. The van der Waals surface area contributed by atoms with Crippen molar-refractivity contribution in [1.29, 1.82) is 0 Å². The van der Waals surface area contributed by atoms with E-state index >= 15 is 0 Å². The minimum absolute atomic E-state index is 0.199. The molecule has 114 valence electrons. The molecule has 4 aromatic rings. The molecule has 0 aliphatic heterocycles. The lowest BCUT2D eigenvalue weighted by atomic mass is 10.1. The van der Waals surface area contributed by atoms with Crippen LogP contribution in [0.3, 0.4) is 0 Å². The second kappa shape index (κ2) is 5.47. The summed E-state index contributed by atoms with van der Waals surface area (Å²) in [6.07, 6.45) is 3.20. The van der Waals surface area contributed by atoms with Gasteiger partial charge in [-0.2, -0.15) is 22.2 Å². The first-order chi connectivity index (χ1) is 11.3. The Hall–Kier alpha value is -2.74. The van der Waals surface area contributed by atoms with E-state index in [9.17, 15) is 4.79 Å². The zero-order chi connectivity index (χ0) is 15.8. The summed E-state index contributed by atoms with van der Waals surface area (Å²) in [5.74, 6) is 0.544. The lowest BCUT2D eigenvalue weighted by Crippen LogP contribution is -2.23. The van der Waals surface area contributed by atoms with Crippen molar-refractivity contribution in [2.24, 2.45) is 0 Å². The molecule has 0 unspecified atom stereocenters. The second-order valence-electron chi connectivity index (χ2n) is 5.00. The standard InChI is InChI=1S/C15H12N6OS/c22-15-12-14(16-9-20(15)6-7-23)21-13(19-18-12)11(8-17-21)10-4-2-1-3-5-10/h1-5,8-9,23H,6-7H2. The van der Waals surface area contributed by atoms with Gasteiger partial charge in [0.25, 0.3) is 5.56 Å². The lowest BCUT2D eigenvalue weighted by Gasteiger charge is -2.04. The summed E-state index contributed by atoms with van der Waals surface area (Å²) in [6, 6.07) is 9.78. The molecule has 0 N–H and O–H groups in total.